The standard InChI is InChI=1S/C8H16O2.Zr/c1-6(2)4-7(3)5-8(9)10;/h6-7H,4-5H2,1-3H3,(H,9,10);. The number of hydrogen-bond acceptors (Lipinski definition) is 1. The van der Waals surface area contributed by atoms with Crippen molar-refractivity contribution in [1.29, 1.82) is 0 Å². The van der Waals surface area contributed by atoms with Crippen molar-refractivity contribution in [1.82, 2.24) is 0 Å². The Kier molecular flexibility index (Phi) is 8.89. The van der Waals surface area contributed by atoms with Crippen LogP contribution >= 0.6 is 0 Å². The molecule has 0 radical (unpaired) electrons. The molecule has 0 rings (SSSR count). The van der Waals surface area contributed by atoms with Gasteiger partial charge in [0.1, 0.15) is 0 Å². The fourth-order valence-electron chi connectivity index (χ4n) is 1.19. The quantitative estimate of drug-likeness (QED) is 0.810. The minimum Gasteiger partial charge on any atom is -0.481 e. The molecule has 11 heavy (non-hydrogen) atoms. The predicted molar refractivity (Wildman–Crippen MR) is 40.9 cm³/mol. The van der Waals surface area contributed by atoms with Crippen LogP contribution in [0.15, 0.2) is 0 Å². The molecule has 0 aliphatic carbocycles. The zero-order chi connectivity index (χ0) is 8.15. The minimum absolute atomic E-state index is 0. The van der Waals surface area contributed by atoms with Crippen LogP contribution in [0.5, 0.6) is 0 Å². The van der Waals surface area contributed by atoms with E-state index in [0.717, 1.165) is 6.42 Å². The fraction of sp³-hybridized carbons (Fsp3) is 0.875. The van der Waals surface area contributed by atoms with Gasteiger partial charge in [-0.15, -0.1) is 0 Å². The third-order valence-corrected chi connectivity index (χ3v) is 1.40. The first-order valence-electron chi connectivity index (χ1n) is 3.74. The molecule has 0 aromatic rings. The monoisotopic (exact) mass is 234 g/mol. The van der Waals surface area contributed by atoms with Gasteiger partial charge in [-0.3, -0.25) is 4.79 Å². The Labute approximate surface area is 87.5 Å². The number of carbonyl (C=O) groups is 1. The van der Waals surface area contributed by atoms with Gasteiger partial charge >= 0.3 is 5.97 Å². The zero-order valence-electron chi connectivity index (χ0n) is 7.42. The van der Waals surface area contributed by atoms with Gasteiger partial charge in [0.25, 0.3) is 0 Å². The Morgan fingerprint density at radius 3 is 2.09 bits per heavy atom. The maximum atomic E-state index is 10.2. The SMILES string of the molecule is CC(C)CC(C)CC(=O)O.[Zr]. The van der Waals surface area contributed by atoms with E-state index in [1.165, 1.54) is 0 Å². The molecule has 64 valence electrons. The molecule has 3 heteroatoms. The first-order valence-corrected chi connectivity index (χ1v) is 3.74. The van der Waals surface area contributed by atoms with Gasteiger partial charge in [0.15, 0.2) is 0 Å². The summed E-state index contributed by atoms with van der Waals surface area (Å²) < 4.78 is 0. The van der Waals surface area contributed by atoms with Gasteiger partial charge in [0, 0.05) is 32.6 Å². The molecular formula is C8H16O2Zr. The van der Waals surface area contributed by atoms with Crippen molar-refractivity contribution < 1.29 is 36.1 Å². The van der Waals surface area contributed by atoms with E-state index in [1.54, 1.807) is 0 Å². The molecule has 1 unspecified atom stereocenters. The Hall–Kier alpha value is 0.353. The Morgan fingerprint density at radius 1 is 1.36 bits per heavy atom. The molecule has 2 nitrogen and oxygen atoms in total. The summed E-state index contributed by atoms with van der Waals surface area (Å²) in [6.45, 7) is 6.20. The van der Waals surface area contributed by atoms with E-state index in [2.05, 4.69) is 13.8 Å². The molecule has 0 saturated heterocycles. The number of rotatable bonds is 4. The first kappa shape index (κ1) is 13.9. The number of aliphatic carboxylic acids is 1. The molecule has 0 bridgehead atoms. The van der Waals surface area contributed by atoms with Crippen LogP contribution in [-0.2, 0) is 31.0 Å². The van der Waals surface area contributed by atoms with Crippen molar-refractivity contribution in [2.45, 2.75) is 33.6 Å². The smallest absolute Gasteiger partial charge is 0.303 e. The molecule has 0 aliphatic rings. The van der Waals surface area contributed by atoms with E-state index in [-0.39, 0.29) is 26.2 Å². The summed E-state index contributed by atoms with van der Waals surface area (Å²) in [5.41, 5.74) is 0. The maximum absolute atomic E-state index is 10.2. The third kappa shape index (κ3) is 10.4. The second-order valence-corrected chi connectivity index (χ2v) is 3.33. The predicted octanol–water partition coefficient (Wildman–Crippen LogP) is 2.14. The molecule has 0 aromatic heterocycles. The zero-order valence-corrected chi connectivity index (χ0v) is 9.88. The van der Waals surface area contributed by atoms with Crippen molar-refractivity contribution in [2.75, 3.05) is 0 Å². The molecule has 0 heterocycles. The van der Waals surface area contributed by atoms with E-state index < -0.39 is 5.97 Å². The molecule has 0 aromatic carbocycles. The van der Waals surface area contributed by atoms with E-state index in [4.69, 9.17) is 5.11 Å². The van der Waals surface area contributed by atoms with Crippen LogP contribution in [-0.4, -0.2) is 11.1 Å². The fourth-order valence-corrected chi connectivity index (χ4v) is 1.19. The van der Waals surface area contributed by atoms with E-state index in [0.29, 0.717) is 18.3 Å². The number of carboxylic acid groups (broad SMARTS) is 1. The topological polar surface area (TPSA) is 37.3 Å². The summed E-state index contributed by atoms with van der Waals surface area (Å²) in [5, 5.41) is 8.40. The Balaban J connectivity index is 0. The molecule has 0 aliphatic heterocycles. The van der Waals surface area contributed by atoms with Crippen LogP contribution in [0.4, 0.5) is 0 Å². The molecular weight excluding hydrogens is 219 g/mol. The van der Waals surface area contributed by atoms with Gasteiger partial charge in [0.2, 0.25) is 0 Å². The summed E-state index contributed by atoms with van der Waals surface area (Å²) in [6.07, 6.45) is 1.31. The molecule has 0 spiro atoms. The second-order valence-electron chi connectivity index (χ2n) is 3.33. The molecule has 0 fully saturated rings. The summed E-state index contributed by atoms with van der Waals surface area (Å²) in [5.74, 6) is 0.236. The molecule has 0 saturated carbocycles. The molecule has 1 atom stereocenters. The summed E-state index contributed by atoms with van der Waals surface area (Å²) in [7, 11) is 0. The van der Waals surface area contributed by atoms with Gasteiger partial charge in [0.05, 0.1) is 0 Å². The van der Waals surface area contributed by atoms with Gasteiger partial charge in [-0.25, -0.2) is 0 Å². The summed E-state index contributed by atoms with van der Waals surface area (Å²) in [4.78, 5) is 10.2. The van der Waals surface area contributed by atoms with Gasteiger partial charge in [-0.1, -0.05) is 20.8 Å². The summed E-state index contributed by atoms with van der Waals surface area (Å²) in [6, 6.07) is 0. The van der Waals surface area contributed by atoms with Crippen LogP contribution in [0.3, 0.4) is 0 Å². The van der Waals surface area contributed by atoms with Crippen LogP contribution in [0.2, 0.25) is 0 Å². The molecule has 1 N–H and O–H groups in total. The minimum atomic E-state index is -0.687. The molecule has 0 amide bonds. The van der Waals surface area contributed by atoms with Gasteiger partial charge in [-0.2, -0.15) is 0 Å². The van der Waals surface area contributed by atoms with Crippen molar-refractivity contribution in [2.24, 2.45) is 11.8 Å². The average molecular weight is 235 g/mol. The van der Waals surface area contributed by atoms with Crippen LogP contribution in [0.25, 0.3) is 0 Å². The van der Waals surface area contributed by atoms with E-state index in [9.17, 15) is 4.79 Å². The first-order chi connectivity index (χ1) is 4.52. The Bertz CT molecular complexity index is 113. The average Bonchev–Trinajstić information content (AvgIpc) is 1.58. The van der Waals surface area contributed by atoms with Gasteiger partial charge in [-0.05, 0) is 18.3 Å². The number of hydrogen-bond donors (Lipinski definition) is 1. The van der Waals surface area contributed by atoms with Crippen LogP contribution < -0.4 is 0 Å². The van der Waals surface area contributed by atoms with E-state index in [1.807, 2.05) is 6.92 Å². The Morgan fingerprint density at radius 2 is 1.82 bits per heavy atom. The maximum Gasteiger partial charge on any atom is 0.303 e. The largest absolute Gasteiger partial charge is 0.481 e. The third-order valence-electron chi connectivity index (χ3n) is 1.40. The van der Waals surface area contributed by atoms with E-state index >= 15 is 0 Å². The normalized spacial score (nSPS) is 12.4. The van der Waals surface area contributed by atoms with Crippen molar-refractivity contribution in [3.63, 3.8) is 0 Å². The second kappa shape index (κ2) is 7.03. The van der Waals surface area contributed by atoms with Crippen LogP contribution in [0, 0.1) is 11.8 Å². The number of carboxylic acids is 1. The van der Waals surface area contributed by atoms with Crippen molar-refractivity contribution in [3.8, 4) is 0 Å². The van der Waals surface area contributed by atoms with Gasteiger partial charge < -0.3 is 5.11 Å². The van der Waals surface area contributed by atoms with Crippen molar-refractivity contribution >= 4 is 5.97 Å². The van der Waals surface area contributed by atoms with Crippen molar-refractivity contribution in [3.05, 3.63) is 0 Å². The summed E-state index contributed by atoms with van der Waals surface area (Å²) >= 11 is 0. The van der Waals surface area contributed by atoms with Crippen LogP contribution in [0.1, 0.15) is 33.6 Å².